The molecule has 0 aromatic heterocycles. The van der Waals surface area contributed by atoms with Gasteiger partial charge in [0, 0.05) is 35.2 Å². The number of carbonyl (C=O) groups excluding carboxylic acids is 1. The van der Waals surface area contributed by atoms with Crippen LogP contribution in [0.4, 0.5) is 5.69 Å². The summed E-state index contributed by atoms with van der Waals surface area (Å²) in [6.07, 6.45) is 0.460. The normalized spacial score (nSPS) is 21.2. The van der Waals surface area contributed by atoms with Crippen LogP contribution in [0.1, 0.15) is 29.2 Å². The summed E-state index contributed by atoms with van der Waals surface area (Å²) >= 11 is 3.48. The quantitative estimate of drug-likeness (QED) is 0.476. The lowest BCUT2D eigenvalue weighted by Gasteiger charge is -2.34. The number of aliphatic hydroxyl groups is 1. The highest BCUT2D eigenvalue weighted by molar-refractivity contribution is 9.10. The van der Waals surface area contributed by atoms with Crippen molar-refractivity contribution in [3.8, 4) is 5.75 Å². The van der Waals surface area contributed by atoms with Gasteiger partial charge in [0.05, 0.1) is 6.61 Å². The van der Waals surface area contributed by atoms with Crippen molar-refractivity contribution in [2.24, 2.45) is 4.99 Å². The molecule has 33 heavy (non-hydrogen) atoms. The maximum Gasteiger partial charge on any atom is 0.257 e. The van der Waals surface area contributed by atoms with Crippen molar-refractivity contribution < 1.29 is 19.4 Å². The van der Waals surface area contributed by atoms with Gasteiger partial charge in [0.25, 0.3) is 5.91 Å². The molecule has 2 aliphatic rings. The van der Waals surface area contributed by atoms with Crippen molar-refractivity contribution in [1.82, 2.24) is 0 Å². The van der Waals surface area contributed by atoms with E-state index in [4.69, 9.17) is 19.6 Å². The molecular formula is C26H23BrN2O4. The van der Waals surface area contributed by atoms with E-state index in [-0.39, 0.29) is 12.5 Å². The van der Waals surface area contributed by atoms with Gasteiger partial charge in [0.2, 0.25) is 5.90 Å². The summed E-state index contributed by atoms with van der Waals surface area (Å²) in [4.78, 5) is 18.4. The van der Waals surface area contributed by atoms with E-state index in [9.17, 15) is 4.79 Å². The van der Waals surface area contributed by atoms with Gasteiger partial charge in [-0.05, 0) is 53.6 Å². The molecule has 2 aliphatic heterocycles. The van der Waals surface area contributed by atoms with Gasteiger partial charge in [-0.3, -0.25) is 4.79 Å². The highest BCUT2D eigenvalue weighted by Crippen LogP contribution is 2.46. The first-order valence-electron chi connectivity index (χ1n) is 10.8. The number of ether oxygens (including phenoxy) is 2. The number of anilines is 1. The van der Waals surface area contributed by atoms with Crippen LogP contribution in [0, 0.1) is 0 Å². The van der Waals surface area contributed by atoms with Gasteiger partial charge in [0.1, 0.15) is 5.75 Å². The second-order valence-electron chi connectivity index (χ2n) is 8.13. The molecule has 5 rings (SSSR count). The largest absolute Gasteiger partial charge is 0.494 e. The number of fused-ring (bicyclic) bond motifs is 1. The first-order valence-corrected chi connectivity index (χ1v) is 11.6. The van der Waals surface area contributed by atoms with Gasteiger partial charge in [-0.15, -0.1) is 0 Å². The Balaban J connectivity index is 1.51. The molecule has 0 bridgehead atoms. The molecule has 0 unspecified atom stereocenters. The Labute approximate surface area is 200 Å². The van der Waals surface area contributed by atoms with Crippen molar-refractivity contribution in [1.29, 1.82) is 0 Å². The van der Waals surface area contributed by atoms with Gasteiger partial charge < -0.3 is 19.9 Å². The van der Waals surface area contributed by atoms with Crippen LogP contribution in [0.5, 0.6) is 5.75 Å². The Morgan fingerprint density at radius 1 is 1.09 bits per heavy atom. The Bertz CT molecular complexity index is 1190. The predicted octanol–water partition coefficient (Wildman–Crippen LogP) is 4.66. The number of benzene rings is 3. The van der Waals surface area contributed by atoms with Crippen molar-refractivity contribution >= 4 is 33.4 Å². The lowest BCUT2D eigenvalue weighted by molar-refractivity contribution is -0.124. The first-order chi connectivity index (χ1) is 16.1. The molecule has 7 heteroatoms. The maximum atomic E-state index is 13.5. The fourth-order valence-electron chi connectivity index (χ4n) is 4.24. The SMILES string of the molecule is O=C1Nc2ccccc2C[C@@]12N=C(c1ccc(OCCCO)cc1)O[C@H]2c1ccc(Br)cc1. The van der Waals surface area contributed by atoms with Crippen LogP contribution < -0.4 is 10.1 Å². The zero-order valence-corrected chi connectivity index (χ0v) is 19.4. The number of hydrogen-bond acceptors (Lipinski definition) is 5. The maximum absolute atomic E-state index is 13.5. The zero-order valence-electron chi connectivity index (χ0n) is 17.8. The summed E-state index contributed by atoms with van der Waals surface area (Å²) in [5.41, 5.74) is 2.40. The number of para-hydroxylation sites is 1. The van der Waals surface area contributed by atoms with Gasteiger partial charge in [-0.1, -0.05) is 46.3 Å². The molecule has 2 atom stereocenters. The number of nitrogens with zero attached hydrogens (tertiary/aromatic N) is 1. The number of amides is 1. The summed E-state index contributed by atoms with van der Waals surface area (Å²) in [5.74, 6) is 0.960. The van der Waals surface area contributed by atoms with Crippen LogP contribution >= 0.6 is 15.9 Å². The topological polar surface area (TPSA) is 80.2 Å². The number of aliphatic imine (C=N–C) groups is 1. The van der Waals surface area contributed by atoms with Crippen LogP contribution in [0.25, 0.3) is 0 Å². The van der Waals surface area contributed by atoms with Gasteiger partial charge in [-0.25, -0.2) is 4.99 Å². The highest BCUT2D eigenvalue weighted by atomic mass is 79.9. The predicted molar refractivity (Wildman–Crippen MR) is 130 cm³/mol. The van der Waals surface area contributed by atoms with E-state index < -0.39 is 11.6 Å². The second kappa shape index (κ2) is 9.00. The van der Waals surface area contributed by atoms with E-state index in [1.54, 1.807) is 0 Å². The lowest BCUT2D eigenvalue weighted by atomic mass is 9.79. The molecule has 0 fully saturated rings. The average molecular weight is 507 g/mol. The van der Waals surface area contributed by atoms with Gasteiger partial charge in [-0.2, -0.15) is 0 Å². The van der Waals surface area contributed by atoms with E-state index in [0.29, 0.717) is 31.1 Å². The minimum atomic E-state index is -1.10. The van der Waals surface area contributed by atoms with E-state index in [0.717, 1.165) is 26.9 Å². The molecule has 0 radical (unpaired) electrons. The number of aliphatic hydroxyl groups excluding tert-OH is 1. The lowest BCUT2D eigenvalue weighted by Crippen LogP contribution is -2.49. The fourth-order valence-corrected chi connectivity index (χ4v) is 4.50. The molecule has 0 saturated heterocycles. The van der Waals surface area contributed by atoms with Crippen molar-refractivity contribution in [2.45, 2.75) is 24.5 Å². The van der Waals surface area contributed by atoms with E-state index in [1.165, 1.54) is 0 Å². The highest BCUT2D eigenvalue weighted by Gasteiger charge is 2.55. The standard InChI is InChI=1S/C26H23BrN2O4/c27-20-10-6-17(7-11-20)23-26(16-19-4-1-2-5-22(19)28-25(26)31)29-24(33-23)18-8-12-21(13-9-18)32-15-3-14-30/h1-2,4-13,23,30H,3,14-16H2,(H,28,31)/t23-,26-/m0/s1. The Morgan fingerprint density at radius 3 is 2.61 bits per heavy atom. The number of rotatable bonds is 6. The summed E-state index contributed by atoms with van der Waals surface area (Å²) in [7, 11) is 0. The Hall–Kier alpha value is -3.16. The third-order valence-corrected chi connectivity index (χ3v) is 6.46. The molecular weight excluding hydrogens is 484 g/mol. The Kier molecular flexibility index (Phi) is 5.91. The van der Waals surface area contributed by atoms with E-state index in [1.807, 2.05) is 72.8 Å². The van der Waals surface area contributed by atoms with Crippen LogP contribution in [0.15, 0.2) is 82.3 Å². The van der Waals surface area contributed by atoms with Crippen LogP contribution in [-0.4, -0.2) is 35.7 Å². The third kappa shape index (κ3) is 4.14. The third-order valence-electron chi connectivity index (χ3n) is 5.93. The molecule has 6 nitrogen and oxygen atoms in total. The number of halogens is 1. The number of hydrogen-bond donors (Lipinski definition) is 2. The molecule has 0 aliphatic carbocycles. The molecule has 168 valence electrons. The number of carbonyl (C=O) groups is 1. The van der Waals surface area contributed by atoms with E-state index >= 15 is 0 Å². The van der Waals surface area contributed by atoms with Crippen molar-refractivity contribution in [3.05, 3.63) is 94.0 Å². The minimum absolute atomic E-state index is 0.0907. The van der Waals surface area contributed by atoms with E-state index in [2.05, 4.69) is 21.2 Å². The Morgan fingerprint density at radius 2 is 1.85 bits per heavy atom. The van der Waals surface area contributed by atoms with Crippen LogP contribution in [0.3, 0.4) is 0 Å². The molecule has 3 aromatic rings. The van der Waals surface area contributed by atoms with Crippen molar-refractivity contribution in [2.75, 3.05) is 18.5 Å². The van der Waals surface area contributed by atoms with Gasteiger partial charge in [0.15, 0.2) is 11.6 Å². The van der Waals surface area contributed by atoms with Crippen molar-refractivity contribution in [3.63, 3.8) is 0 Å². The first kappa shape index (κ1) is 21.7. The fraction of sp³-hybridized carbons (Fsp3) is 0.231. The summed E-state index contributed by atoms with van der Waals surface area (Å²) in [5, 5.41) is 12.0. The van der Waals surface area contributed by atoms with Crippen LogP contribution in [0.2, 0.25) is 0 Å². The smallest absolute Gasteiger partial charge is 0.257 e. The summed E-state index contributed by atoms with van der Waals surface area (Å²) < 4.78 is 13.0. The van der Waals surface area contributed by atoms with Gasteiger partial charge >= 0.3 is 0 Å². The molecule has 2 heterocycles. The zero-order chi connectivity index (χ0) is 22.8. The molecule has 1 amide bonds. The summed E-state index contributed by atoms with van der Waals surface area (Å²) in [6.45, 7) is 0.537. The van der Waals surface area contributed by atoms with Crippen LogP contribution in [-0.2, 0) is 16.0 Å². The second-order valence-corrected chi connectivity index (χ2v) is 9.04. The minimum Gasteiger partial charge on any atom is -0.494 e. The molecule has 0 saturated carbocycles. The monoisotopic (exact) mass is 506 g/mol. The molecule has 2 N–H and O–H groups in total. The molecule has 3 aromatic carbocycles. The summed E-state index contributed by atoms with van der Waals surface area (Å²) in [6, 6.07) is 23.0. The molecule has 1 spiro atoms. The average Bonchev–Trinajstić information content (AvgIpc) is 3.21. The number of nitrogens with one attached hydrogen (secondary N) is 1.